The van der Waals surface area contributed by atoms with Crippen molar-refractivity contribution < 1.29 is 14.3 Å². The molecule has 1 saturated carbocycles. The van der Waals surface area contributed by atoms with Crippen LogP contribution >= 0.6 is 0 Å². The molecule has 3 rings (SSSR count). The number of hydrogen-bond donors (Lipinski definition) is 1. The maximum absolute atomic E-state index is 12.8. The summed E-state index contributed by atoms with van der Waals surface area (Å²) in [5, 5.41) is 3.12. The molecular weight excluding hydrogens is 304 g/mol. The second-order valence-electron chi connectivity index (χ2n) is 6.68. The van der Waals surface area contributed by atoms with Gasteiger partial charge in [0.05, 0.1) is 12.5 Å². The molecule has 5 heteroatoms. The fraction of sp³-hybridized carbons (Fsp3) is 0.579. The van der Waals surface area contributed by atoms with E-state index in [0.717, 1.165) is 37.8 Å². The topological polar surface area (TPSA) is 58.6 Å². The van der Waals surface area contributed by atoms with E-state index in [9.17, 15) is 9.59 Å². The highest BCUT2D eigenvalue weighted by Gasteiger charge is 2.36. The molecule has 2 unspecified atom stereocenters. The number of carbonyl (C=O) groups is 2. The lowest BCUT2D eigenvalue weighted by Crippen LogP contribution is -2.47. The SMILES string of the molecule is CCOC(=O)C1CCCN(C(C(=O)NC2CC2)c2ccccc2)C1. The van der Waals surface area contributed by atoms with Gasteiger partial charge in [-0.25, -0.2) is 0 Å². The van der Waals surface area contributed by atoms with Gasteiger partial charge in [0.2, 0.25) is 5.91 Å². The average molecular weight is 330 g/mol. The summed E-state index contributed by atoms with van der Waals surface area (Å²) in [6.45, 7) is 3.64. The normalized spacial score (nSPS) is 22.6. The molecule has 1 N–H and O–H groups in total. The van der Waals surface area contributed by atoms with Gasteiger partial charge in [-0.05, 0) is 44.7 Å². The van der Waals surface area contributed by atoms with Crippen molar-refractivity contribution >= 4 is 11.9 Å². The summed E-state index contributed by atoms with van der Waals surface area (Å²) in [4.78, 5) is 27.1. The number of nitrogens with zero attached hydrogens (tertiary/aromatic N) is 1. The second kappa shape index (κ2) is 7.79. The molecule has 130 valence electrons. The molecule has 0 spiro atoms. The number of nitrogens with one attached hydrogen (secondary N) is 1. The third-order valence-electron chi connectivity index (χ3n) is 4.73. The van der Waals surface area contributed by atoms with Crippen LogP contribution in [-0.4, -0.2) is 42.5 Å². The molecule has 0 aromatic heterocycles. The van der Waals surface area contributed by atoms with Crippen LogP contribution in [0.2, 0.25) is 0 Å². The highest BCUT2D eigenvalue weighted by atomic mass is 16.5. The fourth-order valence-corrected chi connectivity index (χ4v) is 3.36. The quantitative estimate of drug-likeness (QED) is 0.813. The third-order valence-corrected chi connectivity index (χ3v) is 4.73. The molecule has 24 heavy (non-hydrogen) atoms. The van der Waals surface area contributed by atoms with Crippen LogP contribution in [-0.2, 0) is 14.3 Å². The molecule has 1 saturated heterocycles. The monoisotopic (exact) mass is 330 g/mol. The lowest BCUT2D eigenvalue weighted by atomic mass is 9.94. The highest BCUT2D eigenvalue weighted by Crippen LogP contribution is 2.29. The Bertz CT molecular complexity index is 571. The van der Waals surface area contributed by atoms with Crippen molar-refractivity contribution in [3.05, 3.63) is 35.9 Å². The molecule has 1 aromatic carbocycles. The Morgan fingerprint density at radius 3 is 2.67 bits per heavy atom. The van der Waals surface area contributed by atoms with Gasteiger partial charge in [0.1, 0.15) is 6.04 Å². The predicted molar refractivity (Wildman–Crippen MR) is 91.3 cm³/mol. The molecule has 1 aliphatic heterocycles. The minimum absolute atomic E-state index is 0.0493. The number of esters is 1. The molecule has 1 aliphatic carbocycles. The minimum Gasteiger partial charge on any atom is -0.466 e. The van der Waals surface area contributed by atoms with E-state index in [1.165, 1.54) is 0 Å². The highest BCUT2D eigenvalue weighted by molar-refractivity contribution is 5.84. The molecule has 1 amide bonds. The van der Waals surface area contributed by atoms with Gasteiger partial charge in [0, 0.05) is 12.6 Å². The van der Waals surface area contributed by atoms with Crippen molar-refractivity contribution in [3.8, 4) is 0 Å². The summed E-state index contributed by atoms with van der Waals surface area (Å²) in [7, 11) is 0. The van der Waals surface area contributed by atoms with Gasteiger partial charge in [0.15, 0.2) is 0 Å². The van der Waals surface area contributed by atoms with E-state index in [4.69, 9.17) is 4.74 Å². The number of carbonyl (C=O) groups excluding carboxylic acids is 2. The number of ether oxygens (including phenoxy) is 1. The Labute approximate surface area is 143 Å². The molecule has 2 fully saturated rings. The van der Waals surface area contributed by atoms with Crippen LogP contribution in [0.4, 0.5) is 0 Å². The van der Waals surface area contributed by atoms with E-state index in [0.29, 0.717) is 19.2 Å². The smallest absolute Gasteiger partial charge is 0.310 e. The zero-order chi connectivity index (χ0) is 16.9. The molecule has 0 radical (unpaired) electrons. The number of benzene rings is 1. The van der Waals surface area contributed by atoms with Gasteiger partial charge in [-0.3, -0.25) is 14.5 Å². The van der Waals surface area contributed by atoms with Crippen LogP contribution in [0.25, 0.3) is 0 Å². The van der Waals surface area contributed by atoms with Crippen molar-refractivity contribution in [2.24, 2.45) is 5.92 Å². The molecule has 1 aromatic rings. The number of rotatable bonds is 6. The number of hydrogen-bond acceptors (Lipinski definition) is 4. The van der Waals surface area contributed by atoms with Crippen LogP contribution in [0.5, 0.6) is 0 Å². The Hall–Kier alpha value is -1.88. The van der Waals surface area contributed by atoms with E-state index in [2.05, 4.69) is 10.2 Å². The number of piperidine rings is 1. The van der Waals surface area contributed by atoms with E-state index in [1.807, 2.05) is 37.3 Å². The summed E-state index contributed by atoms with van der Waals surface area (Å²) in [6.07, 6.45) is 3.88. The number of amides is 1. The maximum atomic E-state index is 12.8. The van der Waals surface area contributed by atoms with Gasteiger partial charge in [-0.1, -0.05) is 30.3 Å². The molecule has 5 nitrogen and oxygen atoms in total. The van der Waals surface area contributed by atoms with Crippen LogP contribution in [0.15, 0.2) is 30.3 Å². The van der Waals surface area contributed by atoms with Crippen LogP contribution in [0.3, 0.4) is 0 Å². The first-order chi connectivity index (χ1) is 11.7. The predicted octanol–water partition coefficient (Wildman–Crippen LogP) is 2.28. The lowest BCUT2D eigenvalue weighted by molar-refractivity contribution is -0.151. The second-order valence-corrected chi connectivity index (χ2v) is 6.68. The molecule has 2 aliphatic rings. The average Bonchev–Trinajstić information content (AvgIpc) is 3.40. The van der Waals surface area contributed by atoms with E-state index in [1.54, 1.807) is 0 Å². The van der Waals surface area contributed by atoms with Crippen molar-refractivity contribution in [1.29, 1.82) is 0 Å². The Balaban J connectivity index is 1.76. The zero-order valence-electron chi connectivity index (χ0n) is 14.2. The van der Waals surface area contributed by atoms with Crippen molar-refractivity contribution in [1.82, 2.24) is 10.2 Å². The van der Waals surface area contributed by atoms with Crippen LogP contribution in [0, 0.1) is 5.92 Å². The first-order valence-electron chi connectivity index (χ1n) is 8.95. The molecular formula is C19H26N2O3. The first-order valence-corrected chi connectivity index (χ1v) is 8.95. The van der Waals surface area contributed by atoms with Gasteiger partial charge < -0.3 is 10.1 Å². The summed E-state index contributed by atoms with van der Waals surface area (Å²) >= 11 is 0. The van der Waals surface area contributed by atoms with E-state index < -0.39 is 0 Å². The van der Waals surface area contributed by atoms with E-state index in [-0.39, 0.29) is 23.8 Å². The minimum atomic E-state index is -0.330. The summed E-state index contributed by atoms with van der Waals surface area (Å²) in [5.41, 5.74) is 0.986. The van der Waals surface area contributed by atoms with Gasteiger partial charge in [0.25, 0.3) is 0 Å². The Morgan fingerprint density at radius 1 is 1.25 bits per heavy atom. The standard InChI is InChI=1S/C19H26N2O3/c1-2-24-19(23)15-9-6-12-21(13-15)17(14-7-4-3-5-8-14)18(22)20-16-10-11-16/h3-5,7-8,15-17H,2,6,9-13H2,1H3,(H,20,22). The summed E-state index contributed by atoms with van der Waals surface area (Å²) in [5.74, 6) is -0.233. The summed E-state index contributed by atoms with van der Waals surface area (Å²) < 4.78 is 5.18. The fourth-order valence-electron chi connectivity index (χ4n) is 3.36. The third kappa shape index (κ3) is 4.15. The van der Waals surface area contributed by atoms with Gasteiger partial charge in [-0.15, -0.1) is 0 Å². The zero-order valence-corrected chi connectivity index (χ0v) is 14.2. The molecule has 0 bridgehead atoms. The van der Waals surface area contributed by atoms with Crippen molar-refractivity contribution in [3.63, 3.8) is 0 Å². The lowest BCUT2D eigenvalue weighted by Gasteiger charge is -2.37. The van der Waals surface area contributed by atoms with Crippen LogP contribution in [0.1, 0.15) is 44.2 Å². The van der Waals surface area contributed by atoms with Crippen molar-refractivity contribution in [2.75, 3.05) is 19.7 Å². The van der Waals surface area contributed by atoms with E-state index >= 15 is 0 Å². The number of likely N-dealkylation sites (tertiary alicyclic amines) is 1. The molecule has 1 heterocycles. The maximum Gasteiger partial charge on any atom is 0.310 e. The van der Waals surface area contributed by atoms with Crippen molar-refractivity contribution in [2.45, 2.75) is 44.7 Å². The Morgan fingerprint density at radius 2 is 2.00 bits per heavy atom. The van der Waals surface area contributed by atoms with Crippen LogP contribution < -0.4 is 5.32 Å². The largest absolute Gasteiger partial charge is 0.466 e. The first kappa shape index (κ1) is 17.0. The molecule has 2 atom stereocenters. The Kier molecular flexibility index (Phi) is 5.51. The van der Waals surface area contributed by atoms with Gasteiger partial charge >= 0.3 is 5.97 Å². The van der Waals surface area contributed by atoms with Gasteiger partial charge in [-0.2, -0.15) is 0 Å². The summed E-state index contributed by atoms with van der Waals surface area (Å²) in [6, 6.07) is 9.85.